The zero-order valence-electron chi connectivity index (χ0n) is 11.6. The maximum Gasteiger partial charge on any atom is 0.0951 e. The molecule has 0 amide bonds. The summed E-state index contributed by atoms with van der Waals surface area (Å²) in [6.45, 7) is 4.03. The molecular weight excluding hydrogens is 238 g/mol. The highest BCUT2D eigenvalue weighted by Gasteiger charge is 2.18. The second-order valence-corrected chi connectivity index (χ2v) is 5.36. The van der Waals surface area contributed by atoms with Crippen LogP contribution in [0.25, 0.3) is 0 Å². The van der Waals surface area contributed by atoms with Gasteiger partial charge in [0, 0.05) is 31.0 Å². The van der Waals surface area contributed by atoms with Gasteiger partial charge in [-0.25, -0.2) is 4.98 Å². The lowest BCUT2D eigenvalue weighted by atomic mass is 10.0. The molecule has 0 aromatic carbocycles. The van der Waals surface area contributed by atoms with Crippen LogP contribution in [0.1, 0.15) is 42.3 Å². The minimum Gasteiger partial charge on any atom is -0.329 e. The summed E-state index contributed by atoms with van der Waals surface area (Å²) >= 11 is 0. The number of aryl methyl sites for hydroxylation is 2. The van der Waals surface area contributed by atoms with Crippen LogP contribution < -0.4 is 5.32 Å². The van der Waals surface area contributed by atoms with Gasteiger partial charge in [-0.2, -0.15) is 5.10 Å². The van der Waals surface area contributed by atoms with E-state index in [0.717, 1.165) is 18.8 Å². The van der Waals surface area contributed by atoms with Crippen LogP contribution in [0.15, 0.2) is 18.7 Å². The van der Waals surface area contributed by atoms with Gasteiger partial charge in [-0.1, -0.05) is 6.42 Å². The van der Waals surface area contributed by atoms with E-state index in [1.54, 1.807) is 0 Å². The average molecular weight is 259 g/mol. The van der Waals surface area contributed by atoms with Crippen LogP contribution in [-0.4, -0.2) is 25.9 Å². The normalized spacial score (nSPS) is 19.8. The number of hydrogen-bond donors (Lipinski definition) is 1. The quantitative estimate of drug-likeness (QED) is 0.914. The zero-order chi connectivity index (χ0) is 13.2. The van der Waals surface area contributed by atoms with E-state index in [0.29, 0.717) is 6.04 Å². The third kappa shape index (κ3) is 2.56. The van der Waals surface area contributed by atoms with E-state index < -0.39 is 0 Å². The molecule has 3 heterocycles. The molecule has 0 aliphatic carbocycles. The Morgan fingerprint density at radius 3 is 3.00 bits per heavy atom. The van der Waals surface area contributed by atoms with Crippen LogP contribution in [0.3, 0.4) is 0 Å². The Morgan fingerprint density at radius 2 is 2.32 bits per heavy atom. The summed E-state index contributed by atoms with van der Waals surface area (Å²) in [6, 6.07) is 0.452. The largest absolute Gasteiger partial charge is 0.329 e. The van der Waals surface area contributed by atoms with Gasteiger partial charge in [0.1, 0.15) is 0 Å². The number of nitrogens with zero attached hydrogens (tertiary/aromatic N) is 4. The van der Waals surface area contributed by atoms with Crippen LogP contribution in [0.5, 0.6) is 0 Å². The minimum atomic E-state index is 0.452. The fourth-order valence-electron chi connectivity index (χ4n) is 2.84. The van der Waals surface area contributed by atoms with Crippen molar-refractivity contribution in [1.29, 1.82) is 0 Å². The predicted molar refractivity (Wildman–Crippen MR) is 73.9 cm³/mol. The summed E-state index contributed by atoms with van der Waals surface area (Å²) in [7, 11) is 1.97. The fraction of sp³-hybridized carbons (Fsp3) is 0.571. The van der Waals surface area contributed by atoms with Gasteiger partial charge in [0.2, 0.25) is 0 Å². The molecule has 1 N–H and O–H groups in total. The molecule has 1 fully saturated rings. The Morgan fingerprint density at radius 1 is 1.42 bits per heavy atom. The van der Waals surface area contributed by atoms with Gasteiger partial charge in [0.25, 0.3) is 0 Å². The van der Waals surface area contributed by atoms with Crippen molar-refractivity contribution in [3.8, 4) is 0 Å². The van der Waals surface area contributed by atoms with E-state index in [1.165, 1.54) is 30.5 Å². The van der Waals surface area contributed by atoms with Crippen molar-refractivity contribution in [3.05, 3.63) is 35.7 Å². The molecular formula is C14H21N5. The van der Waals surface area contributed by atoms with Crippen molar-refractivity contribution < 1.29 is 0 Å². The van der Waals surface area contributed by atoms with Crippen LogP contribution in [0, 0.1) is 6.92 Å². The predicted octanol–water partition coefficient (Wildman–Crippen LogP) is 1.79. The van der Waals surface area contributed by atoms with Gasteiger partial charge in [0.05, 0.1) is 24.3 Å². The number of imidazole rings is 1. The average Bonchev–Trinajstić information content (AvgIpc) is 2.98. The van der Waals surface area contributed by atoms with Gasteiger partial charge >= 0.3 is 0 Å². The van der Waals surface area contributed by atoms with Crippen LogP contribution in [-0.2, 0) is 13.6 Å². The first-order valence-electron chi connectivity index (χ1n) is 6.96. The maximum absolute atomic E-state index is 4.40. The Hall–Kier alpha value is -1.62. The van der Waals surface area contributed by atoms with Crippen molar-refractivity contribution >= 4 is 0 Å². The molecule has 1 aliphatic heterocycles. The van der Waals surface area contributed by atoms with Crippen LogP contribution in [0.2, 0.25) is 0 Å². The lowest BCUT2D eigenvalue weighted by Crippen LogP contribution is -2.28. The second kappa shape index (κ2) is 5.17. The first-order chi connectivity index (χ1) is 9.24. The third-order valence-electron chi connectivity index (χ3n) is 3.87. The molecule has 0 saturated carbocycles. The molecule has 1 aliphatic rings. The molecule has 2 aromatic heterocycles. The summed E-state index contributed by atoms with van der Waals surface area (Å²) < 4.78 is 4.12. The van der Waals surface area contributed by atoms with Gasteiger partial charge in [-0.3, -0.25) is 4.68 Å². The van der Waals surface area contributed by atoms with Crippen LogP contribution >= 0.6 is 0 Å². The van der Waals surface area contributed by atoms with E-state index in [4.69, 9.17) is 0 Å². The molecule has 2 aromatic rings. The molecule has 1 saturated heterocycles. The van der Waals surface area contributed by atoms with Crippen molar-refractivity contribution in [3.63, 3.8) is 0 Å². The first kappa shape index (κ1) is 12.4. The highest BCUT2D eigenvalue weighted by Crippen LogP contribution is 2.23. The summed E-state index contributed by atoms with van der Waals surface area (Å²) in [5.41, 5.74) is 3.65. The maximum atomic E-state index is 4.40. The lowest BCUT2D eigenvalue weighted by Gasteiger charge is -2.24. The lowest BCUT2D eigenvalue weighted by molar-refractivity contribution is 0.396. The molecule has 1 unspecified atom stereocenters. The molecule has 5 heteroatoms. The summed E-state index contributed by atoms with van der Waals surface area (Å²) in [6.07, 6.45) is 9.80. The van der Waals surface area contributed by atoms with Gasteiger partial charge in [-0.15, -0.1) is 0 Å². The van der Waals surface area contributed by atoms with Crippen molar-refractivity contribution in [2.75, 3.05) is 6.54 Å². The summed E-state index contributed by atoms with van der Waals surface area (Å²) in [5, 5.41) is 7.99. The molecule has 102 valence electrons. The second-order valence-electron chi connectivity index (χ2n) is 5.36. The standard InChI is InChI=1S/C14H21N5/c1-11-12(8-18(2)17-11)9-19-10-15-7-14(19)13-5-3-4-6-16-13/h7-8,10,13,16H,3-6,9H2,1-2H3. The molecule has 0 bridgehead atoms. The van der Waals surface area contributed by atoms with E-state index in [9.17, 15) is 0 Å². The Balaban J connectivity index is 1.81. The molecule has 19 heavy (non-hydrogen) atoms. The number of hydrogen-bond acceptors (Lipinski definition) is 3. The molecule has 3 rings (SSSR count). The number of aromatic nitrogens is 4. The number of rotatable bonds is 3. The smallest absolute Gasteiger partial charge is 0.0951 e. The van der Waals surface area contributed by atoms with Crippen molar-refractivity contribution in [2.45, 2.75) is 38.8 Å². The van der Waals surface area contributed by atoms with E-state index in [2.05, 4.69) is 33.1 Å². The SMILES string of the molecule is Cc1nn(C)cc1Cn1cncc1C1CCCCN1. The Bertz CT molecular complexity index is 548. The monoisotopic (exact) mass is 259 g/mol. The van der Waals surface area contributed by atoms with Gasteiger partial charge in [-0.05, 0) is 26.3 Å². The number of nitrogens with one attached hydrogen (secondary N) is 1. The van der Waals surface area contributed by atoms with E-state index in [1.807, 2.05) is 24.3 Å². The first-order valence-corrected chi connectivity index (χ1v) is 6.96. The third-order valence-corrected chi connectivity index (χ3v) is 3.87. The van der Waals surface area contributed by atoms with Crippen molar-refractivity contribution in [2.24, 2.45) is 7.05 Å². The Labute approximate surface area is 113 Å². The molecule has 5 nitrogen and oxygen atoms in total. The summed E-state index contributed by atoms with van der Waals surface area (Å²) in [5.74, 6) is 0. The zero-order valence-corrected chi connectivity index (χ0v) is 11.6. The Kier molecular flexibility index (Phi) is 3.38. The topological polar surface area (TPSA) is 47.7 Å². The van der Waals surface area contributed by atoms with Gasteiger partial charge in [0.15, 0.2) is 0 Å². The van der Waals surface area contributed by atoms with Crippen molar-refractivity contribution in [1.82, 2.24) is 24.6 Å². The highest BCUT2D eigenvalue weighted by atomic mass is 15.3. The van der Waals surface area contributed by atoms with E-state index >= 15 is 0 Å². The molecule has 0 radical (unpaired) electrons. The summed E-state index contributed by atoms with van der Waals surface area (Å²) in [4.78, 5) is 4.33. The van der Waals surface area contributed by atoms with Crippen LogP contribution in [0.4, 0.5) is 0 Å². The molecule has 0 spiro atoms. The number of piperidine rings is 1. The minimum absolute atomic E-state index is 0.452. The van der Waals surface area contributed by atoms with E-state index in [-0.39, 0.29) is 0 Å². The fourth-order valence-corrected chi connectivity index (χ4v) is 2.84. The van der Waals surface area contributed by atoms with Gasteiger partial charge < -0.3 is 9.88 Å². The highest BCUT2D eigenvalue weighted by molar-refractivity contribution is 5.18. The molecule has 1 atom stereocenters.